The number of benzene rings is 1. The van der Waals surface area contributed by atoms with E-state index in [1.54, 1.807) is 24.3 Å². The Morgan fingerprint density at radius 2 is 2.05 bits per heavy atom. The number of amides is 1. The molecule has 1 fully saturated rings. The zero-order valence-corrected chi connectivity index (χ0v) is 12.4. The molecule has 2 rings (SSSR count). The molecule has 6 heteroatoms. The first-order valence-electron chi connectivity index (χ1n) is 6.85. The van der Waals surface area contributed by atoms with Gasteiger partial charge in [0.25, 0.3) is 0 Å². The summed E-state index contributed by atoms with van der Waals surface area (Å²) >= 11 is 0. The van der Waals surface area contributed by atoms with Crippen molar-refractivity contribution in [3.63, 3.8) is 0 Å². The fourth-order valence-electron chi connectivity index (χ4n) is 2.58. The molecule has 1 aliphatic rings. The summed E-state index contributed by atoms with van der Waals surface area (Å²) < 4.78 is 24.2. The topological polar surface area (TPSA) is 80.5 Å². The predicted octanol–water partition coefficient (Wildman–Crippen LogP) is 1.59. The van der Waals surface area contributed by atoms with Crippen LogP contribution in [0.3, 0.4) is 0 Å². The number of nitrogens with zero attached hydrogens (tertiary/aromatic N) is 1. The van der Waals surface area contributed by atoms with Crippen molar-refractivity contribution in [1.29, 1.82) is 0 Å². The number of anilines is 2. The fourth-order valence-corrected chi connectivity index (χ4v) is 4.44. The number of carbonyl (C=O) groups excluding carboxylic acids is 1. The van der Waals surface area contributed by atoms with Gasteiger partial charge in [0.05, 0.1) is 17.1 Å². The smallest absolute Gasteiger partial charge is 0.245 e. The maximum Gasteiger partial charge on any atom is 0.245 e. The summed E-state index contributed by atoms with van der Waals surface area (Å²) in [6.45, 7) is 2.22. The Hall–Kier alpha value is -1.56. The van der Waals surface area contributed by atoms with Gasteiger partial charge in [-0.15, -0.1) is 0 Å². The highest BCUT2D eigenvalue weighted by molar-refractivity contribution is 7.92. The van der Waals surface area contributed by atoms with E-state index < -0.39 is 15.1 Å². The summed E-state index contributed by atoms with van der Waals surface area (Å²) in [5.41, 5.74) is 6.96. The van der Waals surface area contributed by atoms with E-state index in [0.717, 1.165) is 6.42 Å². The van der Waals surface area contributed by atoms with Crippen LogP contribution in [-0.4, -0.2) is 31.9 Å². The molecule has 1 aromatic rings. The lowest BCUT2D eigenvalue weighted by Gasteiger charge is -2.29. The summed E-state index contributed by atoms with van der Waals surface area (Å²) in [6.07, 6.45) is 1.83. The first-order valence-corrected chi connectivity index (χ1v) is 8.56. The van der Waals surface area contributed by atoms with E-state index in [4.69, 9.17) is 5.73 Å². The van der Waals surface area contributed by atoms with Gasteiger partial charge in [0, 0.05) is 6.54 Å². The molecule has 1 aliphatic heterocycles. The van der Waals surface area contributed by atoms with Gasteiger partial charge in [-0.1, -0.05) is 18.6 Å². The lowest BCUT2D eigenvalue weighted by Crippen LogP contribution is -2.45. The van der Waals surface area contributed by atoms with Crippen molar-refractivity contribution >= 4 is 27.1 Å². The average Bonchev–Trinajstić information content (AvgIpc) is 2.41. The number of sulfone groups is 1. The van der Waals surface area contributed by atoms with Crippen molar-refractivity contribution in [1.82, 2.24) is 0 Å². The summed E-state index contributed by atoms with van der Waals surface area (Å²) in [6, 6.07) is 7.03. The van der Waals surface area contributed by atoms with Gasteiger partial charge in [-0.2, -0.15) is 0 Å². The van der Waals surface area contributed by atoms with Crippen LogP contribution < -0.4 is 10.6 Å². The van der Waals surface area contributed by atoms with Crippen LogP contribution in [0.1, 0.15) is 26.2 Å². The molecule has 110 valence electrons. The van der Waals surface area contributed by atoms with E-state index in [1.807, 2.05) is 6.92 Å². The van der Waals surface area contributed by atoms with Gasteiger partial charge < -0.3 is 10.6 Å². The van der Waals surface area contributed by atoms with Gasteiger partial charge in [-0.3, -0.25) is 4.79 Å². The monoisotopic (exact) mass is 296 g/mol. The molecule has 0 aliphatic carbocycles. The van der Waals surface area contributed by atoms with Gasteiger partial charge >= 0.3 is 0 Å². The molecule has 1 heterocycles. The Kier molecular flexibility index (Phi) is 4.32. The number of rotatable bonds is 3. The van der Waals surface area contributed by atoms with Crippen LogP contribution in [0.25, 0.3) is 0 Å². The number of para-hydroxylation sites is 2. The maximum absolute atomic E-state index is 12.6. The van der Waals surface area contributed by atoms with Crippen LogP contribution in [0.4, 0.5) is 11.4 Å². The summed E-state index contributed by atoms with van der Waals surface area (Å²) in [7, 11) is -3.33. The van der Waals surface area contributed by atoms with Crippen LogP contribution in [-0.2, 0) is 14.6 Å². The van der Waals surface area contributed by atoms with Crippen LogP contribution >= 0.6 is 0 Å². The van der Waals surface area contributed by atoms with Crippen molar-refractivity contribution in [2.45, 2.75) is 31.4 Å². The lowest BCUT2D eigenvalue weighted by atomic mass is 10.1. The molecular weight excluding hydrogens is 276 g/mol. The van der Waals surface area contributed by atoms with Crippen molar-refractivity contribution in [3.05, 3.63) is 24.3 Å². The highest BCUT2D eigenvalue weighted by Crippen LogP contribution is 2.27. The van der Waals surface area contributed by atoms with Crippen molar-refractivity contribution in [2.75, 3.05) is 22.9 Å². The number of carbonyl (C=O) groups is 1. The van der Waals surface area contributed by atoms with Gasteiger partial charge in [0.15, 0.2) is 9.84 Å². The van der Waals surface area contributed by atoms with Crippen molar-refractivity contribution in [3.8, 4) is 0 Å². The zero-order chi connectivity index (χ0) is 14.8. The zero-order valence-electron chi connectivity index (χ0n) is 11.6. The molecule has 5 nitrogen and oxygen atoms in total. The fraction of sp³-hybridized carbons (Fsp3) is 0.500. The molecular formula is C14H20N2O3S. The normalized spacial score (nSPS) is 21.4. The van der Waals surface area contributed by atoms with Crippen molar-refractivity contribution < 1.29 is 13.2 Å². The van der Waals surface area contributed by atoms with Gasteiger partial charge in [0.2, 0.25) is 5.91 Å². The van der Waals surface area contributed by atoms with Gasteiger partial charge in [-0.05, 0) is 31.9 Å². The number of nitrogen functional groups attached to an aromatic ring is 1. The van der Waals surface area contributed by atoms with E-state index in [-0.39, 0.29) is 11.7 Å². The molecule has 1 aromatic carbocycles. The van der Waals surface area contributed by atoms with E-state index in [1.165, 1.54) is 4.90 Å². The van der Waals surface area contributed by atoms with Crippen LogP contribution in [0.2, 0.25) is 0 Å². The predicted molar refractivity (Wildman–Crippen MR) is 80.3 cm³/mol. The minimum atomic E-state index is -3.33. The number of hydrogen-bond donors (Lipinski definition) is 1. The first kappa shape index (κ1) is 14.8. The molecule has 0 saturated carbocycles. The third kappa shape index (κ3) is 2.80. The molecule has 0 bridgehead atoms. The molecule has 1 amide bonds. The minimum Gasteiger partial charge on any atom is -0.397 e. The molecule has 20 heavy (non-hydrogen) atoms. The third-order valence-corrected chi connectivity index (χ3v) is 5.83. The Bertz CT molecular complexity index is 598. The van der Waals surface area contributed by atoms with Gasteiger partial charge in [0.1, 0.15) is 5.25 Å². The second-order valence-corrected chi connectivity index (χ2v) is 7.30. The Labute approximate surface area is 119 Å². The van der Waals surface area contributed by atoms with Gasteiger partial charge in [-0.25, -0.2) is 8.42 Å². The Morgan fingerprint density at radius 3 is 2.65 bits per heavy atom. The molecule has 1 saturated heterocycles. The second kappa shape index (κ2) is 5.83. The SMILES string of the molecule is CCN(C(=O)C1CCCCS1(=O)=O)c1ccccc1N. The summed E-state index contributed by atoms with van der Waals surface area (Å²) in [5, 5.41) is -0.921. The minimum absolute atomic E-state index is 0.102. The average molecular weight is 296 g/mol. The van der Waals surface area contributed by atoms with Crippen LogP contribution in [0, 0.1) is 0 Å². The quantitative estimate of drug-likeness (QED) is 0.859. The largest absolute Gasteiger partial charge is 0.397 e. The molecule has 1 atom stereocenters. The molecule has 0 aromatic heterocycles. The highest BCUT2D eigenvalue weighted by Gasteiger charge is 2.37. The second-order valence-electron chi connectivity index (χ2n) is 4.99. The maximum atomic E-state index is 12.6. The first-order chi connectivity index (χ1) is 9.47. The van der Waals surface area contributed by atoms with Crippen LogP contribution in [0.15, 0.2) is 24.3 Å². The molecule has 0 spiro atoms. The summed E-state index contributed by atoms with van der Waals surface area (Å²) in [4.78, 5) is 14.1. The number of nitrogens with two attached hydrogens (primary N) is 1. The van der Waals surface area contributed by atoms with Crippen LogP contribution in [0.5, 0.6) is 0 Å². The number of hydrogen-bond acceptors (Lipinski definition) is 4. The Balaban J connectivity index is 2.33. The Morgan fingerprint density at radius 1 is 1.35 bits per heavy atom. The molecule has 2 N–H and O–H groups in total. The van der Waals surface area contributed by atoms with E-state index in [2.05, 4.69) is 0 Å². The molecule has 1 unspecified atom stereocenters. The van der Waals surface area contributed by atoms with E-state index >= 15 is 0 Å². The highest BCUT2D eigenvalue weighted by atomic mass is 32.2. The lowest BCUT2D eigenvalue weighted by molar-refractivity contribution is -0.118. The van der Waals surface area contributed by atoms with E-state index in [0.29, 0.717) is 30.8 Å². The third-order valence-electron chi connectivity index (χ3n) is 3.66. The van der Waals surface area contributed by atoms with E-state index in [9.17, 15) is 13.2 Å². The molecule has 0 radical (unpaired) electrons. The standard InChI is InChI=1S/C14H20N2O3S/c1-2-16(12-8-4-3-7-11(12)15)14(17)13-9-5-6-10-20(13,18)19/h3-4,7-8,13H,2,5-6,9-10,15H2,1H3. The summed E-state index contributed by atoms with van der Waals surface area (Å²) in [5.74, 6) is -0.254. The van der Waals surface area contributed by atoms with Crippen molar-refractivity contribution in [2.24, 2.45) is 0 Å².